The van der Waals surface area contributed by atoms with Gasteiger partial charge >= 0.3 is 5.97 Å². The summed E-state index contributed by atoms with van der Waals surface area (Å²) in [6.07, 6.45) is -0.968. The number of halogens is 1. The Morgan fingerprint density at radius 3 is 2.58 bits per heavy atom. The third-order valence-electron chi connectivity index (χ3n) is 3.09. The second-order valence-corrected chi connectivity index (χ2v) is 5.04. The lowest BCUT2D eigenvalue weighted by Crippen LogP contribution is -2.30. The summed E-state index contributed by atoms with van der Waals surface area (Å²) in [6.45, 7) is 1.60. The number of anilines is 1. The molecule has 5 nitrogen and oxygen atoms in total. The van der Waals surface area contributed by atoms with Gasteiger partial charge in [0.05, 0.1) is 13.0 Å². The van der Waals surface area contributed by atoms with Crippen LogP contribution < -0.4 is 10.1 Å². The van der Waals surface area contributed by atoms with Crippen LogP contribution in [0.2, 0.25) is 0 Å². The number of esters is 1. The number of hydrogen-bond donors (Lipinski definition) is 1. The molecule has 0 aromatic heterocycles. The smallest absolute Gasteiger partial charge is 0.310 e. The fraction of sp³-hybridized carbons (Fsp3) is 0.222. The van der Waals surface area contributed by atoms with Gasteiger partial charge in [-0.3, -0.25) is 9.59 Å². The monoisotopic (exact) mass is 331 g/mol. The van der Waals surface area contributed by atoms with E-state index in [2.05, 4.69) is 5.32 Å². The van der Waals surface area contributed by atoms with Crippen molar-refractivity contribution in [2.24, 2.45) is 0 Å². The zero-order valence-corrected chi connectivity index (χ0v) is 13.2. The van der Waals surface area contributed by atoms with Crippen LogP contribution in [0.1, 0.15) is 13.3 Å². The van der Waals surface area contributed by atoms with Crippen molar-refractivity contribution in [3.05, 3.63) is 60.4 Å². The highest BCUT2D eigenvalue weighted by Crippen LogP contribution is 2.11. The molecular formula is C18H18FNO4. The molecule has 0 aliphatic rings. The molecule has 2 aromatic rings. The summed E-state index contributed by atoms with van der Waals surface area (Å²) in [5.74, 6) is -0.886. The standard InChI is InChI=1S/C18H18FNO4/c1-13(18(22)20-15-7-5-6-14(19)12-15)24-17(21)10-11-23-16-8-3-2-4-9-16/h2-9,12-13H,10-11H2,1H3,(H,20,22)/t13-/m1/s1. The van der Waals surface area contributed by atoms with Gasteiger partial charge < -0.3 is 14.8 Å². The van der Waals surface area contributed by atoms with Crippen molar-refractivity contribution in [1.29, 1.82) is 0 Å². The minimum atomic E-state index is -0.988. The first-order valence-corrected chi connectivity index (χ1v) is 7.48. The summed E-state index contributed by atoms with van der Waals surface area (Å²) in [5, 5.41) is 2.48. The lowest BCUT2D eigenvalue weighted by atomic mass is 10.3. The number of amides is 1. The van der Waals surface area contributed by atoms with Gasteiger partial charge in [-0.15, -0.1) is 0 Å². The van der Waals surface area contributed by atoms with Gasteiger partial charge in [-0.2, -0.15) is 0 Å². The molecule has 1 amide bonds. The van der Waals surface area contributed by atoms with Crippen LogP contribution in [-0.2, 0) is 14.3 Å². The van der Waals surface area contributed by atoms with E-state index in [0.717, 1.165) is 0 Å². The molecule has 126 valence electrons. The fourth-order valence-corrected chi connectivity index (χ4v) is 1.89. The van der Waals surface area contributed by atoms with Gasteiger partial charge in [0, 0.05) is 5.69 Å². The fourth-order valence-electron chi connectivity index (χ4n) is 1.89. The summed E-state index contributed by atoms with van der Waals surface area (Å²) < 4.78 is 23.5. The van der Waals surface area contributed by atoms with E-state index in [1.807, 2.05) is 18.2 Å². The first-order valence-electron chi connectivity index (χ1n) is 7.48. The number of nitrogens with one attached hydrogen (secondary N) is 1. The summed E-state index contributed by atoms with van der Waals surface area (Å²) in [4.78, 5) is 23.6. The van der Waals surface area contributed by atoms with Crippen LogP contribution in [0.3, 0.4) is 0 Å². The van der Waals surface area contributed by atoms with Crippen molar-refractivity contribution in [1.82, 2.24) is 0 Å². The first-order chi connectivity index (χ1) is 11.5. The van der Waals surface area contributed by atoms with E-state index < -0.39 is 23.8 Å². The highest BCUT2D eigenvalue weighted by molar-refractivity contribution is 5.95. The Morgan fingerprint density at radius 1 is 1.12 bits per heavy atom. The van der Waals surface area contributed by atoms with Crippen LogP contribution in [0.4, 0.5) is 10.1 Å². The molecule has 1 N–H and O–H groups in total. The van der Waals surface area contributed by atoms with Gasteiger partial charge in [0.15, 0.2) is 6.10 Å². The molecule has 0 aliphatic carbocycles. The minimum absolute atomic E-state index is 0.0203. The molecular weight excluding hydrogens is 313 g/mol. The predicted molar refractivity (Wildman–Crippen MR) is 87.1 cm³/mol. The Hall–Kier alpha value is -2.89. The number of para-hydroxylation sites is 1. The van der Waals surface area contributed by atoms with E-state index in [4.69, 9.17) is 9.47 Å². The lowest BCUT2D eigenvalue weighted by Gasteiger charge is -2.14. The Labute approximate surface area is 139 Å². The van der Waals surface area contributed by atoms with Crippen LogP contribution >= 0.6 is 0 Å². The van der Waals surface area contributed by atoms with Gasteiger partial charge in [-0.05, 0) is 37.3 Å². The van der Waals surface area contributed by atoms with Gasteiger partial charge in [0.2, 0.25) is 0 Å². The first kappa shape index (κ1) is 17.5. The molecule has 0 bridgehead atoms. The SMILES string of the molecule is C[C@@H](OC(=O)CCOc1ccccc1)C(=O)Nc1cccc(F)c1. The summed E-state index contributed by atoms with van der Waals surface area (Å²) in [5.41, 5.74) is 0.301. The van der Waals surface area contributed by atoms with E-state index in [1.165, 1.54) is 25.1 Å². The Bertz CT molecular complexity index is 690. The van der Waals surface area contributed by atoms with Crippen LogP contribution in [0.15, 0.2) is 54.6 Å². The summed E-state index contributed by atoms with van der Waals surface area (Å²) in [7, 11) is 0. The Balaban J connectivity index is 1.73. The van der Waals surface area contributed by atoms with Crippen LogP contribution in [0, 0.1) is 5.82 Å². The second-order valence-electron chi connectivity index (χ2n) is 5.04. The predicted octanol–water partition coefficient (Wildman–Crippen LogP) is 3.17. The van der Waals surface area contributed by atoms with E-state index in [0.29, 0.717) is 11.4 Å². The number of rotatable bonds is 7. The zero-order chi connectivity index (χ0) is 17.4. The molecule has 6 heteroatoms. The van der Waals surface area contributed by atoms with Gasteiger partial charge in [-0.1, -0.05) is 24.3 Å². The molecule has 0 unspecified atom stereocenters. The van der Waals surface area contributed by atoms with Crippen LogP contribution in [0.25, 0.3) is 0 Å². The molecule has 2 aromatic carbocycles. The molecule has 1 atom stereocenters. The average molecular weight is 331 g/mol. The van der Waals surface area contributed by atoms with Crippen molar-refractivity contribution in [3.8, 4) is 5.75 Å². The number of ether oxygens (including phenoxy) is 2. The third-order valence-corrected chi connectivity index (χ3v) is 3.09. The Kier molecular flexibility index (Phi) is 6.31. The highest BCUT2D eigenvalue weighted by atomic mass is 19.1. The molecule has 0 spiro atoms. The highest BCUT2D eigenvalue weighted by Gasteiger charge is 2.18. The maximum absolute atomic E-state index is 13.1. The van der Waals surface area contributed by atoms with Gasteiger partial charge in [0.25, 0.3) is 5.91 Å². The van der Waals surface area contributed by atoms with Crippen molar-refractivity contribution < 1.29 is 23.5 Å². The largest absolute Gasteiger partial charge is 0.493 e. The van der Waals surface area contributed by atoms with E-state index in [-0.39, 0.29) is 13.0 Å². The maximum atomic E-state index is 13.1. The second kappa shape index (κ2) is 8.67. The third kappa shape index (κ3) is 5.72. The van der Waals surface area contributed by atoms with Crippen molar-refractivity contribution in [2.45, 2.75) is 19.4 Å². The normalized spacial score (nSPS) is 11.4. The van der Waals surface area contributed by atoms with Crippen LogP contribution in [-0.4, -0.2) is 24.6 Å². The molecule has 24 heavy (non-hydrogen) atoms. The maximum Gasteiger partial charge on any atom is 0.310 e. The average Bonchev–Trinajstić information content (AvgIpc) is 2.55. The zero-order valence-electron chi connectivity index (χ0n) is 13.2. The van der Waals surface area contributed by atoms with Crippen molar-refractivity contribution >= 4 is 17.6 Å². The van der Waals surface area contributed by atoms with E-state index in [1.54, 1.807) is 18.2 Å². The topological polar surface area (TPSA) is 64.6 Å². The molecule has 0 saturated carbocycles. The number of hydrogen-bond acceptors (Lipinski definition) is 4. The van der Waals surface area contributed by atoms with Crippen molar-refractivity contribution in [2.75, 3.05) is 11.9 Å². The van der Waals surface area contributed by atoms with Gasteiger partial charge in [-0.25, -0.2) is 4.39 Å². The quantitative estimate of drug-likeness (QED) is 0.792. The van der Waals surface area contributed by atoms with E-state index >= 15 is 0 Å². The molecule has 0 radical (unpaired) electrons. The Morgan fingerprint density at radius 2 is 1.88 bits per heavy atom. The van der Waals surface area contributed by atoms with Gasteiger partial charge in [0.1, 0.15) is 11.6 Å². The lowest BCUT2D eigenvalue weighted by molar-refractivity contribution is -0.153. The molecule has 0 saturated heterocycles. The van der Waals surface area contributed by atoms with Crippen molar-refractivity contribution in [3.63, 3.8) is 0 Å². The summed E-state index contributed by atoms with van der Waals surface area (Å²) >= 11 is 0. The number of carbonyl (C=O) groups is 2. The molecule has 0 fully saturated rings. The van der Waals surface area contributed by atoms with E-state index in [9.17, 15) is 14.0 Å². The van der Waals surface area contributed by atoms with Crippen LogP contribution in [0.5, 0.6) is 5.75 Å². The molecule has 0 aliphatic heterocycles. The number of carbonyl (C=O) groups excluding carboxylic acids is 2. The summed E-state index contributed by atoms with van der Waals surface area (Å²) in [6, 6.07) is 14.5. The number of benzene rings is 2. The molecule has 0 heterocycles. The molecule has 2 rings (SSSR count). The minimum Gasteiger partial charge on any atom is -0.493 e.